The van der Waals surface area contributed by atoms with E-state index in [2.05, 4.69) is 11.1 Å². The number of hydrogen-bond acceptors (Lipinski definition) is 2. The maximum atomic E-state index is 5.47. The van der Waals surface area contributed by atoms with Crippen molar-refractivity contribution in [3.05, 3.63) is 24.0 Å². The molecule has 2 heteroatoms. The molecule has 0 radical (unpaired) electrons. The number of ether oxygens (including phenoxy) is 1. The highest BCUT2D eigenvalue weighted by Crippen LogP contribution is 2.21. The molecule has 0 amide bonds. The van der Waals surface area contributed by atoms with Crippen molar-refractivity contribution in [2.24, 2.45) is 4.99 Å². The monoisotopic (exact) mass is 149 g/mol. The fraction of sp³-hybridized carbons (Fsp3) is 0.444. The third-order valence-electron chi connectivity index (χ3n) is 1.91. The minimum Gasteiger partial charge on any atom is -0.490 e. The molecule has 1 aliphatic heterocycles. The van der Waals surface area contributed by atoms with Gasteiger partial charge in [-0.2, -0.15) is 0 Å². The summed E-state index contributed by atoms with van der Waals surface area (Å²) in [7, 11) is 0. The minimum absolute atomic E-state index is 0.272. The van der Waals surface area contributed by atoms with Crippen LogP contribution in [-0.2, 0) is 4.74 Å². The summed E-state index contributed by atoms with van der Waals surface area (Å²) >= 11 is 0. The fourth-order valence-corrected chi connectivity index (χ4v) is 1.35. The molecule has 0 aromatic carbocycles. The summed E-state index contributed by atoms with van der Waals surface area (Å²) < 4.78 is 5.47. The van der Waals surface area contributed by atoms with Crippen LogP contribution in [0.3, 0.4) is 0 Å². The van der Waals surface area contributed by atoms with Crippen LogP contribution >= 0.6 is 0 Å². The van der Waals surface area contributed by atoms with E-state index in [0.29, 0.717) is 6.61 Å². The molecule has 0 aromatic heterocycles. The van der Waals surface area contributed by atoms with Gasteiger partial charge >= 0.3 is 0 Å². The summed E-state index contributed by atoms with van der Waals surface area (Å²) in [6.07, 6.45) is 7.15. The first kappa shape index (κ1) is 6.65. The Bertz CT molecular complexity index is 250. The first-order chi connectivity index (χ1) is 5.36. The first-order valence-electron chi connectivity index (χ1n) is 3.89. The van der Waals surface area contributed by atoms with Gasteiger partial charge in [0.1, 0.15) is 18.4 Å². The van der Waals surface area contributed by atoms with Crippen LogP contribution in [0.15, 0.2) is 29.0 Å². The third-order valence-corrected chi connectivity index (χ3v) is 1.91. The summed E-state index contributed by atoms with van der Waals surface area (Å²) in [6, 6.07) is 0.272. The minimum atomic E-state index is 0.272. The van der Waals surface area contributed by atoms with Gasteiger partial charge in [-0.15, -0.1) is 0 Å². The zero-order chi connectivity index (χ0) is 7.68. The van der Waals surface area contributed by atoms with Gasteiger partial charge in [-0.25, -0.2) is 0 Å². The Kier molecular flexibility index (Phi) is 1.53. The molecule has 2 nitrogen and oxygen atoms in total. The lowest BCUT2D eigenvalue weighted by atomic mass is 10.1. The van der Waals surface area contributed by atoms with Crippen LogP contribution in [0.1, 0.15) is 13.3 Å². The largest absolute Gasteiger partial charge is 0.490 e. The molecule has 58 valence electrons. The second-order valence-corrected chi connectivity index (χ2v) is 2.90. The second-order valence-electron chi connectivity index (χ2n) is 2.90. The van der Waals surface area contributed by atoms with E-state index in [-0.39, 0.29) is 6.04 Å². The highest BCUT2D eigenvalue weighted by atomic mass is 16.5. The van der Waals surface area contributed by atoms with Gasteiger partial charge in [-0.05, 0) is 19.4 Å². The van der Waals surface area contributed by atoms with E-state index in [1.165, 1.54) is 0 Å². The van der Waals surface area contributed by atoms with Crippen LogP contribution in [-0.4, -0.2) is 18.4 Å². The van der Waals surface area contributed by atoms with Gasteiger partial charge in [0.05, 0.1) is 0 Å². The lowest BCUT2D eigenvalue weighted by molar-refractivity contribution is 0.222. The maximum absolute atomic E-state index is 5.47. The zero-order valence-electron chi connectivity index (χ0n) is 6.58. The number of rotatable bonds is 0. The Labute approximate surface area is 66.3 Å². The van der Waals surface area contributed by atoms with Gasteiger partial charge in [-0.1, -0.05) is 12.2 Å². The van der Waals surface area contributed by atoms with Crippen LogP contribution in [0, 0.1) is 0 Å². The highest BCUT2D eigenvalue weighted by Gasteiger charge is 2.19. The predicted molar refractivity (Wildman–Crippen MR) is 44.7 cm³/mol. The van der Waals surface area contributed by atoms with Crippen LogP contribution < -0.4 is 0 Å². The van der Waals surface area contributed by atoms with Crippen LogP contribution in [0.25, 0.3) is 0 Å². The van der Waals surface area contributed by atoms with Crippen LogP contribution in [0.4, 0.5) is 0 Å². The van der Waals surface area contributed by atoms with Crippen molar-refractivity contribution >= 4 is 5.71 Å². The van der Waals surface area contributed by atoms with E-state index >= 15 is 0 Å². The van der Waals surface area contributed by atoms with Crippen molar-refractivity contribution in [1.82, 2.24) is 0 Å². The van der Waals surface area contributed by atoms with E-state index in [1.807, 2.05) is 19.1 Å². The standard InChI is InChI=1S/C9H11NO/c1-7-6-11-9-5-3-2-4-8(9)10-7/h2-3,5,8H,4,6H2,1H3. The van der Waals surface area contributed by atoms with Gasteiger partial charge in [-0.3, -0.25) is 4.99 Å². The number of allylic oxidation sites excluding steroid dienone is 2. The Balaban J connectivity index is 2.26. The fourth-order valence-electron chi connectivity index (χ4n) is 1.35. The van der Waals surface area contributed by atoms with Gasteiger partial charge in [0.15, 0.2) is 0 Å². The SMILES string of the molecule is CC1=NC2CC=CC=C2OC1. The molecule has 1 unspecified atom stereocenters. The lowest BCUT2D eigenvalue weighted by Gasteiger charge is -2.23. The Morgan fingerprint density at radius 1 is 1.64 bits per heavy atom. The molecule has 0 fully saturated rings. The molecule has 1 atom stereocenters. The van der Waals surface area contributed by atoms with Crippen LogP contribution in [0.5, 0.6) is 0 Å². The van der Waals surface area contributed by atoms with Gasteiger partial charge < -0.3 is 4.74 Å². The molecule has 0 bridgehead atoms. The van der Waals surface area contributed by atoms with Crippen molar-refractivity contribution < 1.29 is 4.74 Å². The number of aliphatic imine (C=N–C) groups is 1. The van der Waals surface area contributed by atoms with Crippen LogP contribution in [0.2, 0.25) is 0 Å². The van der Waals surface area contributed by atoms with E-state index in [4.69, 9.17) is 4.74 Å². The van der Waals surface area contributed by atoms with E-state index in [0.717, 1.165) is 17.9 Å². The van der Waals surface area contributed by atoms with Crippen molar-refractivity contribution in [3.63, 3.8) is 0 Å². The number of hydrogen-bond donors (Lipinski definition) is 0. The normalized spacial score (nSPS) is 28.3. The average molecular weight is 149 g/mol. The topological polar surface area (TPSA) is 21.6 Å². The maximum Gasteiger partial charge on any atom is 0.125 e. The van der Waals surface area contributed by atoms with E-state index in [1.54, 1.807) is 0 Å². The van der Waals surface area contributed by atoms with Gasteiger partial charge in [0.25, 0.3) is 0 Å². The van der Waals surface area contributed by atoms with E-state index < -0.39 is 0 Å². The molecule has 0 saturated heterocycles. The molecule has 1 aliphatic carbocycles. The first-order valence-corrected chi connectivity index (χ1v) is 3.89. The molecule has 0 saturated carbocycles. The summed E-state index contributed by atoms with van der Waals surface area (Å²) in [5.41, 5.74) is 1.10. The Morgan fingerprint density at radius 2 is 2.55 bits per heavy atom. The van der Waals surface area contributed by atoms with Crippen molar-refractivity contribution in [2.75, 3.05) is 6.61 Å². The predicted octanol–water partition coefficient (Wildman–Crippen LogP) is 1.69. The Morgan fingerprint density at radius 3 is 3.45 bits per heavy atom. The molecule has 0 N–H and O–H groups in total. The van der Waals surface area contributed by atoms with Gasteiger partial charge in [0, 0.05) is 5.71 Å². The number of fused-ring (bicyclic) bond motifs is 1. The summed E-state index contributed by atoms with van der Waals surface area (Å²) in [5, 5.41) is 0. The zero-order valence-corrected chi connectivity index (χ0v) is 6.58. The summed E-state index contributed by atoms with van der Waals surface area (Å²) in [6.45, 7) is 2.67. The molecule has 11 heavy (non-hydrogen) atoms. The number of nitrogens with zero attached hydrogens (tertiary/aromatic N) is 1. The van der Waals surface area contributed by atoms with Crippen molar-refractivity contribution in [2.45, 2.75) is 19.4 Å². The van der Waals surface area contributed by atoms with Gasteiger partial charge in [0.2, 0.25) is 0 Å². The molecule has 1 heterocycles. The summed E-state index contributed by atoms with van der Waals surface area (Å²) in [4.78, 5) is 4.48. The highest BCUT2D eigenvalue weighted by molar-refractivity contribution is 5.84. The second kappa shape index (κ2) is 2.53. The van der Waals surface area contributed by atoms with Crippen molar-refractivity contribution in [3.8, 4) is 0 Å². The van der Waals surface area contributed by atoms with E-state index in [9.17, 15) is 0 Å². The quantitative estimate of drug-likeness (QED) is 0.513. The third kappa shape index (κ3) is 1.20. The summed E-state index contributed by atoms with van der Waals surface area (Å²) in [5.74, 6) is 1.03. The average Bonchev–Trinajstić information content (AvgIpc) is 2.04. The molecular formula is C9H11NO. The van der Waals surface area contributed by atoms with Crippen molar-refractivity contribution in [1.29, 1.82) is 0 Å². The molecule has 2 rings (SSSR count). The molecular weight excluding hydrogens is 138 g/mol. The Hall–Kier alpha value is -1.05. The molecule has 0 aromatic rings. The molecule has 2 aliphatic rings. The lowest BCUT2D eigenvalue weighted by Crippen LogP contribution is -2.23. The molecule has 0 spiro atoms. The smallest absolute Gasteiger partial charge is 0.125 e.